The Morgan fingerprint density at radius 3 is 2.39 bits per heavy atom. The molecule has 0 aromatic heterocycles. The van der Waals surface area contributed by atoms with Crippen molar-refractivity contribution >= 4 is 27.3 Å². The maximum atomic E-state index is 11.9. The van der Waals surface area contributed by atoms with Crippen molar-refractivity contribution in [1.29, 1.82) is 0 Å². The number of nitrogens with two attached hydrogens (primary N) is 1. The Bertz CT molecular complexity index is 516. The summed E-state index contributed by atoms with van der Waals surface area (Å²) in [7, 11) is -3.05. The molecule has 0 saturated carbocycles. The van der Waals surface area contributed by atoms with Crippen LogP contribution in [0.5, 0.6) is 0 Å². The van der Waals surface area contributed by atoms with Crippen molar-refractivity contribution < 1.29 is 8.42 Å². The van der Waals surface area contributed by atoms with E-state index >= 15 is 0 Å². The minimum atomic E-state index is -3.05. The lowest BCUT2D eigenvalue weighted by atomic mass is 10.2. The molecule has 0 unspecified atom stereocenters. The van der Waals surface area contributed by atoms with Gasteiger partial charge >= 0.3 is 0 Å². The van der Waals surface area contributed by atoms with E-state index in [1.807, 2.05) is 25.1 Å². The summed E-state index contributed by atoms with van der Waals surface area (Å²) in [4.78, 5) is 0.949. The number of anilines is 1. The second-order valence-corrected chi connectivity index (χ2v) is 9.32. The van der Waals surface area contributed by atoms with Crippen LogP contribution in [0.15, 0.2) is 23.1 Å². The van der Waals surface area contributed by atoms with Crippen molar-refractivity contribution in [2.75, 3.05) is 17.2 Å². The van der Waals surface area contributed by atoms with Gasteiger partial charge in [0, 0.05) is 16.3 Å². The highest BCUT2D eigenvalue weighted by Gasteiger charge is 2.28. The van der Waals surface area contributed by atoms with Gasteiger partial charge in [-0.3, -0.25) is 0 Å². The van der Waals surface area contributed by atoms with Crippen LogP contribution in [0, 0.1) is 6.92 Å². The molecule has 0 aliphatic rings. The Kier molecular flexibility index (Phi) is 4.72. The second-order valence-electron chi connectivity index (χ2n) is 5.32. The lowest BCUT2D eigenvalue weighted by Crippen LogP contribution is -2.31. The summed E-state index contributed by atoms with van der Waals surface area (Å²) in [5.41, 5.74) is 7.71. The molecule has 0 saturated heterocycles. The first-order chi connectivity index (χ1) is 8.13. The van der Waals surface area contributed by atoms with Crippen LogP contribution in [-0.4, -0.2) is 24.7 Å². The summed E-state index contributed by atoms with van der Waals surface area (Å²) in [5, 5.41) is 0. The highest BCUT2D eigenvalue weighted by Crippen LogP contribution is 2.27. The third kappa shape index (κ3) is 3.92. The molecule has 0 radical (unpaired) electrons. The van der Waals surface area contributed by atoms with Gasteiger partial charge in [-0.15, -0.1) is 11.8 Å². The molecular weight excluding hydrogens is 266 g/mol. The third-order valence-electron chi connectivity index (χ3n) is 2.71. The Morgan fingerprint density at radius 2 is 1.89 bits per heavy atom. The van der Waals surface area contributed by atoms with E-state index in [0.29, 0.717) is 11.4 Å². The quantitative estimate of drug-likeness (QED) is 0.683. The first-order valence-corrected chi connectivity index (χ1v) is 8.48. The van der Waals surface area contributed by atoms with Crippen LogP contribution in [0.1, 0.15) is 26.3 Å². The number of sulfone groups is 1. The molecule has 0 aliphatic heterocycles. The van der Waals surface area contributed by atoms with Gasteiger partial charge < -0.3 is 5.73 Å². The second kappa shape index (κ2) is 5.53. The molecule has 0 amide bonds. The van der Waals surface area contributed by atoms with E-state index in [1.54, 1.807) is 20.8 Å². The minimum Gasteiger partial charge on any atom is -0.398 e. The number of aryl methyl sites for hydroxylation is 1. The fraction of sp³-hybridized carbons (Fsp3) is 0.538. The van der Waals surface area contributed by atoms with E-state index in [0.717, 1.165) is 10.5 Å². The number of nitrogen functional groups attached to an aromatic ring is 1. The van der Waals surface area contributed by atoms with Gasteiger partial charge in [0.1, 0.15) is 0 Å². The van der Waals surface area contributed by atoms with Crippen molar-refractivity contribution in [2.24, 2.45) is 0 Å². The molecule has 0 aliphatic carbocycles. The molecule has 0 spiro atoms. The lowest BCUT2D eigenvalue weighted by Gasteiger charge is -2.18. The average molecular weight is 287 g/mol. The summed E-state index contributed by atoms with van der Waals surface area (Å²) in [6, 6.07) is 5.83. The topological polar surface area (TPSA) is 60.2 Å². The van der Waals surface area contributed by atoms with Gasteiger partial charge in [0.15, 0.2) is 9.84 Å². The summed E-state index contributed by atoms with van der Waals surface area (Å²) in [6.45, 7) is 7.17. The normalized spacial score (nSPS) is 12.7. The molecular formula is C13H21NO2S2. The maximum absolute atomic E-state index is 11.9. The van der Waals surface area contributed by atoms with Gasteiger partial charge in [-0.1, -0.05) is 6.07 Å². The molecule has 18 heavy (non-hydrogen) atoms. The molecule has 0 fully saturated rings. The number of hydrogen-bond donors (Lipinski definition) is 1. The lowest BCUT2D eigenvalue weighted by molar-refractivity contribution is 0.562. The van der Waals surface area contributed by atoms with Crippen molar-refractivity contribution in [2.45, 2.75) is 37.3 Å². The van der Waals surface area contributed by atoms with Gasteiger partial charge in [0.2, 0.25) is 0 Å². The van der Waals surface area contributed by atoms with E-state index < -0.39 is 14.6 Å². The van der Waals surface area contributed by atoms with Crippen molar-refractivity contribution in [1.82, 2.24) is 0 Å². The number of benzene rings is 1. The maximum Gasteiger partial charge on any atom is 0.156 e. The van der Waals surface area contributed by atoms with Crippen LogP contribution in [0.25, 0.3) is 0 Å². The Morgan fingerprint density at radius 1 is 1.28 bits per heavy atom. The molecule has 3 nitrogen and oxygen atoms in total. The van der Waals surface area contributed by atoms with Gasteiger partial charge in [-0.25, -0.2) is 8.42 Å². The van der Waals surface area contributed by atoms with E-state index in [1.165, 1.54) is 11.8 Å². The summed E-state index contributed by atoms with van der Waals surface area (Å²) in [6.07, 6.45) is 0. The van der Waals surface area contributed by atoms with E-state index in [9.17, 15) is 8.42 Å². The first-order valence-electron chi connectivity index (χ1n) is 5.85. The SMILES string of the molecule is Cc1ccc(SCCS(=O)(=O)C(C)(C)C)c(N)c1. The van der Waals surface area contributed by atoms with E-state index in [-0.39, 0.29) is 5.75 Å². The predicted octanol–water partition coefficient (Wildman–Crippen LogP) is 2.88. The standard InChI is InChI=1S/C13H21NO2S2/c1-10-5-6-12(11(14)9-10)17-7-8-18(15,16)13(2,3)4/h5-6,9H,7-8,14H2,1-4H3. The molecule has 102 valence electrons. The third-order valence-corrected chi connectivity index (χ3v) is 6.66. The van der Waals surface area contributed by atoms with Crippen molar-refractivity contribution in [3.63, 3.8) is 0 Å². The summed E-state index contributed by atoms with van der Waals surface area (Å²) >= 11 is 1.49. The molecule has 1 aromatic rings. The van der Waals surface area contributed by atoms with Gasteiger partial charge in [0.05, 0.1) is 10.5 Å². The highest BCUT2D eigenvalue weighted by molar-refractivity contribution is 8.01. The van der Waals surface area contributed by atoms with Gasteiger partial charge in [0.25, 0.3) is 0 Å². The molecule has 1 rings (SSSR count). The Balaban J connectivity index is 2.63. The zero-order chi connectivity index (χ0) is 14.0. The fourth-order valence-corrected chi connectivity index (χ4v) is 3.80. The van der Waals surface area contributed by atoms with Gasteiger partial charge in [-0.05, 0) is 45.4 Å². The Hall–Kier alpha value is -0.680. The van der Waals surface area contributed by atoms with Crippen LogP contribution >= 0.6 is 11.8 Å². The molecule has 1 aromatic carbocycles. The summed E-state index contributed by atoms with van der Waals surface area (Å²) < 4.78 is 23.2. The molecule has 2 N–H and O–H groups in total. The van der Waals surface area contributed by atoms with E-state index in [2.05, 4.69) is 0 Å². The predicted molar refractivity (Wildman–Crippen MR) is 79.9 cm³/mol. The largest absolute Gasteiger partial charge is 0.398 e. The zero-order valence-electron chi connectivity index (χ0n) is 11.4. The monoisotopic (exact) mass is 287 g/mol. The fourth-order valence-electron chi connectivity index (χ4n) is 1.37. The van der Waals surface area contributed by atoms with Crippen molar-refractivity contribution in [3.8, 4) is 0 Å². The zero-order valence-corrected chi connectivity index (χ0v) is 13.0. The average Bonchev–Trinajstić information content (AvgIpc) is 2.19. The van der Waals surface area contributed by atoms with Crippen LogP contribution in [0.3, 0.4) is 0 Å². The van der Waals surface area contributed by atoms with E-state index in [4.69, 9.17) is 5.73 Å². The molecule has 5 heteroatoms. The number of hydrogen-bond acceptors (Lipinski definition) is 4. The molecule has 0 bridgehead atoms. The smallest absolute Gasteiger partial charge is 0.156 e. The van der Waals surface area contributed by atoms with Crippen molar-refractivity contribution in [3.05, 3.63) is 23.8 Å². The number of thioether (sulfide) groups is 1. The van der Waals surface area contributed by atoms with Crippen LogP contribution in [0.2, 0.25) is 0 Å². The van der Waals surface area contributed by atoms with Crippen LogP contribution in [-0.2, 0) is 9.84 Å². The van der Waals surface area contributed by atoms with Gasteiger partial charge in [-0.2, -0.15) is 0 Å². The highest BCUT2D eigenvalue weighted by atomic mass is 32.2. The van der Waals surface area contributed by atoms with Crippen LogP contribution in [0.4, 0.5) is 5.69 Å². The Labute approximate surface area is 114 Å². The first kappa shape index (κ1) is 15.4. The van der Waals surface area contributed by atoms with Crippen LogP contribution < -0.4 is 5.73 Å². The molecule has 0 atom stereocenters. The number of rotatable bonds is 4. The molecule has 0 heterocycles. The summed E-state index contributed by atoms with van der Waals surface area (Å²) in [5.74, 6) is 0.710. The minimum absolute atomic E-state index is 0.175.